The number of methoxy groups -OCH3 is 1. The van der Waals surface area contributed by atoms with Crippen molar-refractivity contribution in [1.82, 2.24) is 4.90 Å². The van der Waals surface area contributed by atoms with E-state index in [4.69, 9.17) is 10.5 Å². The SMILES string of the molecule is CCC(C)N(CCCCC(C)(C)CN)CCOC. The summed E-state index contributed by atoms with van der Waals surface area (Å²) in [5.74, 6) is 0. The molecule has 3 heteroatoms. The quantitative estimate of drug-likeness (QED) is 0.579. The Hall–Kier alpha value is -0.120. The number of hydrogen-bond acceptors (Lipinski definition) is 3. The van der Waals surface area contributed by atoms with E-state index in [0.29, 0.717) is 11.5 Å². The Morgan fingerprint density at radius 2 is 1.89 bits per heavy atom. The molecule has 0 saturated heterocycles. The van der Waals surface area contributed by atoms with Gasteiger partial charge in [0.05, 0.1) is 6.61 Å². The van der Waals surface area contributed by atoms with Crippen LogP contribution in [0.1, 0.15) is 53.4 Å². The number of hydrogen-bond donors (Lipinski definition) is 1. The molecule has 0 bridgehead atoms. The molecule has 0 aliphatic heterocycles. The highest BCUT2D eigenvalue weighted by Gasteiger charge is 2.16. The van der Waals surface area contributed by atoms with Crippen LogP contribution in [-0.2, 0) is 4.74 Å². The fourth-order valence-corrected chi connectivity index (χ4v) is 2.04. The summed E-state index contributed by atoms with van der Waals surface area (Å²) < 4.78 is 5.19. The molecule has 1 unspecified atom stereocenters. The third-order valence-electron chi connectivity index (χ3n) is 3.90. The monoisotopic (exact) mass is 258 g/mol. The minimum atomic E-state index is 0.299. The molecule has 0 amide bonds. The van der Waals surface area contributed by atoms with Crippen LogP contribution in [0.3, 0.4) is 0 Å². The van der Waals surface area contributed by atoms with Gasteiger partial charge in [0.15, 0.2) is 0 Å². The number of ether oxygens (including phenoxy) is 1. The molecule has 0 aliphatic carbocycles. The van der Waals surface area contributed by atoms with Crippen LogP contribution in [0.15, 0.2) is 0 Å². The first-order valence-electron chi connectivity index (χ1n) is 7.40. The summed E-state index contributed by atoms with van der Waals surface area (Å²) in [7, 11) is 1.78. The molecular formula is C15H34N2O. The first-order chi connectivity index (χ1) is 8.46. The van der Waals surface area contributed by atoms with Gasteiger partial charge in [-0.3, -0.25) is 4.90 Å². The summed E-state index contributed by atoms with van der Waals surface area (Å²) in [5, 5.41) is 0. The summed E-state index contributed by atoms with van der Waals surface area (Å²) in [6, 6.07) is 0.655. The maximum absolute atomic E-state index is 5.76. The number of rotatable bonds is 11. The van der Waals surface area contributed by atoms with Crippen molar-refractivity contribution in [1.29, 1.82) is 0 Å². The molecule has 0 aromatic heterocycles. The van der Waals surface area contributed by atoms with Gasteiger partial charge in [-0.25, -0.2) is 0 Å². The Morgan fingerprint density at radius 3 is 2.39 bits per heavy atom. The van der Waals surface area contributed by atoms with Crippen LogP contribution in [0.25, 0.3) is 0 Å². The van der Waals surface area contributed by atoms with Crippen molar-refractivity contribution in [3.05, 3.63) is 0 Å². The van der Waals surface area contributed by atoms with Crippen molar-refractivity contribution < 1.29 is 4.74 Å². The molecule has 2 N–H and O–H groups in total. The molecule has 0 saturated carbocycles. The topological polar surface area (TPSA) is 38.5 Å². The lowest BCUT2D eigenvalue weighted by atomic mass is 9.87. The van der Waals surface area contributed by atoms with Crippen molar-refractivity contribution >= 4 is 0 Å². The van der Waals surface area contributed by atoms with Crippen molar-refractivity contribution in [2.45, 2.75) is 59.4 Å². The fraction of sp³-hybridized carbons (Fsp3) is 1.00. The van der Waals surface area contributed by atoms with Crippen LogP contribution < -0.4 is 5.73 Å². The van der Waals surface area contributed by atoms with Gasteiger partial charge in [0, 0.05) is 19.7 Å². The highest BCUT2D eigenvalue weighted by Crippen LogP contribution is 2.21. The number of nitrogens with two attached hydrogens (primary N) is 1. The summed E-state index contributed by atoms with van der Waals surface area (Å²) in [6.07, 6.45) is 4.96. The van der Waals surface area contributed by atoms with Crippen LogP contribution in [0, 0.1) is 5.41 Å². The van der Waals surface area contributed by atoms with E-state index in [0.717, 1.165) is 19.7 Å². The standard InChI is InChI=1S/C15H34N2O/c1-6-14(2)17(11-12-18-5)10-8-7-9-15(3,4)13-16/h14H,6-13,16H2,1-5H3. The Kier molecular flexibility index (Phi) is 9.70. The predicted octanol–water partition coefficient (Wildman–Crippen LogP) is 2.89. The molecule has 3 nitrogen and oxygen atoms in total. The normalized spacial score (nSPS) is 14.2. The van der Waals surface area contributed by atoms with E-state index < -0.39 is 0 Å². The van der Waals surface area contributed by atoms with E-state index in [9.17, 15) is 0 Å². The van der Waals surface area contributed by atoms with Gasteiger partial charge in [0.1, 0.15) is 0 Å². The second-order valence-corrected chi connectivity index (χ2v) is 6.11. The molecule has 0 fully saturated rings. The summed E-state index contributed by atoms with van der Waals surface area (Å²) in [5.41, 5.74) is 6.06. The van der Waals surface area contributed by atoms with Gasteiger partial charge in [0.25, 0.3) is 0 Å². The average molecular weight is 258 g/mol. The molecule has 1 atom stereocenters. The molecule has 0 spiro atoms. The molecule has 18 heavy (non-hydrogen) atoms. The summed E-state index contributed by atoms with van der Waals surface area (Å²) in [6.45, 7) is 12.9. The van der Waals surface area contributed by atoms with Crippen LogP contribution in [-0.4, -0.2) is 44.3 Å². The maximum Gasteiger partial charge on any atom is 0.0589 e. The Balaban J connectivity index is 3.89. The van der Waals surface area contributed by atoms with Gasteiger partial charge in [-0.2, -0.15) is 0 Å². The van der Waals surface area contributed by atoms with E-state index >= 15 is 0 Å². The first kappa shape index (κ1) is 17.9. The maximum atomic E-state index is 5.76. The molecule has 0 aliphatic rings. The molecule has 0 heterocycles. The van der Waals surface area contributed by atoms with Crippen molar-refractivity contribution in [3.8, 4) is 0 Å². The van der Waals surface area contributed by atoms with Crippen LogP contribution in [0.2, 0.25) is 0 Å². The molecular weight excluding hydrogens is 224 g/mol. The third kappa shape index (κ3) is 8.06. The number of unbranched alkanes of at least 4 members (excludes halogenated alkanes) is 1. The van der Waals surface area contributed by atoms with Crippen LogP contribution in [0.5, 0.6) is 0 Å². The highest BCUT2D eigenvalue weighted by atomic mass is 16.5. The Morgan fingerprint density at radius 1 is 1.22 bits per heavy atom. The zero-order valence-corrected chi connectivity index (χ0v) is 13.2. The Labute approximate surface area is 114 Å². The molecule has 0 aromatic carbocycles. The van der Waals surface area contributed by atoms with E-state index in [1.165, 1.54) is 32.2 Å². The van der Waals surface area contributed by atoms with E-state index in [2.05, 4.69) is 32.6 Å². The molecule has 0 radical (unpaired) electrons. The zero-order valence-electron chi connectivity index (χ0n) is 13.2. The van der Waals surface area contributed by atoms with Crippen LogP contribution >= 0.6 is 0 Å². The van der Waals surface area contributed by atoms with Gasteiger partial charge >= 0.3 is 0 Å². The van der Waals surface area contributed by atoms with Crippen molar-refractivity contribution in [2.24, 2.45) is 11.1 Å². The van der Waals surface area contributed by atoms with Gasteiger partial charge in [-0.1, -0.05) is 27.2 Å². The van der Waals surface area contributed by atoms with Gasteiger partial charge in [0.2, 0.25) is 0 Å². The van der Waals surface area contributed by atoms with Crippen LogP contribution in [0.4, 0.5) is 0 Å². The first-order valence-corrected chi connectivity index (χ1v) is 7.40. The van der Waals surface area contributed by atoms with E-state index in [1.54, 1.807) is 7.11 Å². The highest BCUT2D eigenvalue weighted by molar-refractivity contribution is 4.71. The Bertz CT molecular complexity index is 195. The van der Waals surface area contributed by atoms with E-state index in [-0.39, 0.29) is 0 Å². The average Bonchev–Trinajstić information content (AvgIpc) is 2.37. The fourth-order valence-electron chi connectivity index (χ4n) is 2.04. The lowest BCUT2D eigenvalue weighted by Gasteiger charge is -2.29. The molecule has 110 valence electrons. The smallest absolute Gasteiger partial charge is 0.0589 e. The van der Waals surface area contributed by atoms with Gasteiger partial charge in [-0.15, -0.1) is 0 Å². The van der Waals surface area contributed by atoms with E-state index in [1.807, 2.05) is 0 Å². The predicted molar refractivity (Wildman–Crippen MR) is 79.9 cm³/mol. The summed E-state index contributed by atoms with van der Waals surface area (Å²) >= 11 is 0. The van der Waals surface area contributed by atoms with Gasteiger partial charge in [-0.05, 0) is 44.7 Å². The lowest BCUT2D eigenvalue weighted by Crippen LogP contribution is -2.36. The second-order valence-electron chi connectivity index (χ2n) is 6.11. The zero-order chi connectivity index (χ0) is 14.0. The number of nitrogens with zero attached hydrogens (tertiary/aromatic N) is 1. The van der Waals surface area contributed by atoms with Crippen molar-refractivity contribution in [2.75, 3.05) is 33.4 Å². The minimum Gasteiger partial charge on any atom is -0.383 e. The minimum absolute atomic E-state index is 0.299. The lowest BCUT2D eigenvalue weighted by molar-refractivity contribution is 0.120. The van der Waals surface area contributed by atoms with Gasteiger partial charge < -0.3 is 10.5 Å². The van der Waals surface area contributed by atoms with Crippen molar-refractivity contribution in [3.63, 3.8) is 0 Å². The third-order valence-corrected chi connectivity index (χ3v) is 3.90. The molecule has 0 aromatic rings. The molecule has 0 rings (SSSR count). The second kappa shape index (κ2) is 9.76. The largest absolute Gasteiger partial charge is 0.383 e. The summed E-state index contributed by atoms with van der Waals surface area (Å²) in [4.78, 5) is 2.54.